The van der Waals surface area contributed by atoms with Gasteiger partial charge in [0.05, 0.1) is 0 Å². The van der Waals surface area contributed by atoms with Crippen LogP contribution in [0.1, 0.15) is 26.2 Å². The highest BCUT2D eigenvalue weighted by Crippen LogP contribution is 2.06. The molecule has 0 aromatic heterocycles. The van der Waals surface area contributed by atoms with Crippen molar-refractivity contribution in [2.45, 2.75) is 26.2 Å². The first-order valence-corrected chi connectivity index (χ1v) is 4.80. The standard InChI is InChI=1S/C8H16S/c1-8(2)6-4-5-7-9-3/h1,4-7H2,2-3H3. The lowest BCUT2D eigenvalue weighted by atomic mass is 10.2. The molecule has 0 aromatic carbocycles. The minimum absolute atomic E-state index is 1.21. The van der Waals surface area contributed by atoms with Crippen LogP contribution in [0.15, 0.2) is 12.2 Å². The maximum absolute atomic E-state index is 3.85. The lowest BCUT2D eigenvalue weighted by Crippen LogP contribution is -1.79. The topological polar surface area (TPSA) is 0 Å². The van der Waals surface area contributed by atoms with Crippen LogP contribution in [0.4, 0.5) is 0 Å². The summed E-state index contributed by atoms with van der Waals surface area (Å²) in [6.07, 6.45) is 6.02. The Balaban J connectivity index is 2.83. The Morgan fingerprint density at radius 1 is 1.44 bits per heavy atom. The summed E-state index contributed by atoms with van der Waals surface area (Å²) in [7, 11) is 0. The molecule has 0 rings (SSSR count). The van der Waals surface area contributed by atoms with Gasteiger partial charge in [0.25, 0.3) is 0 Å². The van der Waals surface area contributed by atoms with Gasteiger partial charge in [0.1, 0.15) is 0 Å². The van der Waals surface area contributed by atoms with Crippen LogP contribution in [-0.4, -0.2) is 12.0 Å². The van der Waals surface area contributed by atoms with Crippen LogP contribution in [0.25, 0.3) is 0 Å². The van der Waals surface area contributed by atoms with E-state index in [0.717, 1.165) is 0 Å². The van der Waals surface area contributed by atoms with E-state index in [0.29, 0.717) is 0 Å². The van der Waals surface area contributed by atoms with Crippen LogP contribution in [0, 0.1) is 0 Å². The van der Waals surface area contributed by atoms with Crippen molar-refractivity contribution in [3.05, 3.63) is 12.2 Å². The third-order valence-corrected chi connectivity index (χ3v) is 1.90. The van der Waals surface area contributed by atoms with E-state index in [2.05, 4.69) is 19.8 Å². The molecule has 0 fully saturated rings. The van der Waals surface area contributed by atoms with Crippen LogP contribution >= 0.6 is 11.8 Å². The minimum atomic E-state index is 1.21. The fourth-order valence-corrected chi connectivity index (χ4v) is 1.17. The SMILES string of the molecule is C=C(C)CCCCSC. The van der Waals surface area contributed by atoms with Gasteiger partial charge in [0.15, 0.2) is 0 Å². The summed E-state index contributed by atoms with van der Waals surface area (Å²) < 4.78 is 0. The van der Waals surface area contributed by atoms with Gasteiger partial charge in [0.2, 0.25) is 0 Å². The zero-order valence-corrected chi connectivity index (χ0v) is 7.26. The average molecular weight is 144 g/mol. The highest BCUT2D eigenvalue weighted by Gasteiger charge is 1.86. The first kappa shape index (κ1) is 9.09. The summed E-state index contributed by atoms with van der Waals surface area (Å²) in [4.78, 5) is 0. The summed E-state index contributed by atoms with van der Waals surface area (Å²) in [6.45, 7) is 5.94. The number of allylic oxidation sites excluding steroid dienone is 1. The molecule has 0 heterocycles. The number of unbranched alkanes of at least 4 members (excludes halogenated alkanes) is 1. The van der Waals surface area contributed by atoms with Crippen LogP contribution in [0.5, 0.6) is 0 Å². The van der Waals surface area contributed by atoms with E-state index in [1.165, 1.54) is 30.6 Å². The Morgan fingerprint density at radius 3 is 2.56 bits per heavy atom. The van der Waals surface area contributed by atoms with Gasteiger partial charge in [-0.05, 0) is 38.2 Å². The largest absolute Gasteiger partial charge is 0.165 e. The second-order valence-corrected chi connectivity index (χ2v) is 3.39. The van der Waals surface area contributed by atoms with Crippen molar-refractivity contribution in [1.29, 1.82) is 0 Å². The number of rotatable bonds is 5. The Morgan fingerprint density at radius 2 is 2.11 bits per heavy atom. The molecule has 0 spiro atoms. The first-order valence-electron chi connectivity index (χ1n) is 3.40. The van der Waals surface area contributed by atoms with E-state index in [-0.39, 0.29) is 0 Å². The Hall–Kier alpha value is 0.0900. The molecule has 0 aliphatic heterocycles. The Labute approximate surface area is 62.7 Å². The van der Waals surface area contributed by atoms with E-state index in [1.54, 1.807) is 0 Å². The van der Waals surface area contributed by atoms with Gasteiger partial charge in [-0.25, -0.2) is 0 Å². The molecule has 0 radical (unpaired) electrons. The van der Waals surface area contributed by atoms with Crippen molar-refractivity contribution in [3.8, 4) is 0 Å². The lowest BCUT2D eigenvalue weighted by Gasteiger charge is -1.96. The van der Waals surface area contributed by atoms with Crippen molar-refractivity contribution in [1.82, 2.24) is 0 Å². The van der Waals surface area contributed by atoms with Gasteiger partial charge in [-0.1, -0.05) is 5.57 Å². The highest BCUT2D eigenvalue weighted by atomic mass is 32.2. The Kier molecular flexibility index (Phi) is 6.28. The van der Waals surface area contributed by atoms with E-state index in [1.807, 2.05) is 11.8 Å². The molecule has 54 valence electrons. The van der Waals surface area contributed by atoms with Gasteiger partial charge in [-0.2, -0.15) is 11.8 Å². The molecule has 0 aliphatic carbocycles. The third-order valence-electron chi connectivity index (χ3n) is 1.20. The van der Waals surface area contributed by atoms with Crippen LogP contribution in [-0.2, 0) is 0 Å². The van der Waals surface area contributed by atoms with Crippen LogP contribution < -0.4 is 0 Å². The molecule has 0 N–H and O–H groups in total. The predicted molar refractivity (Wildman–Crippen MR) is 47.0 cm³/mol. The second kappa shape index (κ2) is 6.21. The summed E-state index contributed by atoms with van der Waals surface area (Å²) in [5.74, 6) is 1.30. The van der Waals surface area contributed by atoms with E-state index < -0.39 is 0 Å². The minimum Gasteiger partial charge on any atom is -0.165 e. The van der Waals surface area contributed by atoms with Crippen LogP contribution in [0.2, 0.25) is 0 Å². The van der Waals surface area contributed by atoms with Crippen molar-refractivity contribution >= 4 is 11.8 Å². The maximum Gasteiger partial charge on any atom is -0.00702 e. The van der Waals surface area contributed by atoms with Crippen molar-refractivity contribution < 1.29 is 0 Å². The normalized spacial score (nSPS) is 9.56. The third kappa shape index (κ3) is 8.09. The lowest BCUT2D eigenvalue weighted by molar-refractivity contribution is 0.797. The van der Waals surface area contributed by atoms with Crippen molar-refractivity contribution in [2.75, 3.05) is 12.0 Å². The summed E-state index contributed by atoms with van der Waals surface area (Å²) >= 11 is 1.92. The zero-order valence-electron chi connectivity index (χ0n) is 6.44. The number of hydrogen-bond acceptors (Lipinski definition) is 1. The van der Waals surface area contributed by atoms with Gasteiger partial charge >= 0.3 is 0 Å². The zero-order chi connectivity index (χ0) is 7.11. The fourth-order valence-electron chi connectivity index (χ4n) is 0.673. The van der Waals surface area contributed by atoms with Gasteiger partial charge in [-0.15, -0.1) is 6.58 Å². The van der Waals surface area contributed by atoms with Gasteiger partial charge < -0.3 is 0 Å². The quantitative estimate of drug-likeness (QED) is 0.422. The first-order chi connectivity index (χ1) is 4.27. The second-order valence-electron chi connectivity index (χ2n) is 2.41. The molecule has 1 heteroatoms. The molecule has 0 amide bonds. The molecule has 0 saturated heterocycles. The molecule has 0 aromatic rings. The molecule has 0 nitrogen and oxygen atoms in total. The molecule has 9 heavy (non-hydrogen) atoms. The van der Waals surface area contributed by atoms with Gasteiger partial charge in [-0.3, -0.25) is 0 Å². The molecule has 0 unspecified atom stereocenters. The summed E-state index contributed by atoms with van der Waals surface area (Å²) in [6, 6.07) is 0. The highest BCUT2D eigenvalue weighted by molar-refractivity contribution is 7.98. The fraction of sp³-hybridized carbons (Fsp3) is 0.750. The predicted octanol–water partition coefficient (Wildman–Crippen LogP) is 3.10. The van der Waals surface area contributed by atoms with Crippen molar-refractivity contribution in [3.63, 3.8) is 0 Å². The van der Waals surface area contributed by atoms with E-state index >= 15 is 0 Å². The molecule has 0 aliphatic rings. The molecular formula is C8H16S. The Bertz CT molecular complexity index is 76.6. The summed E-state index contributed by atoms with van der Waals surface area (Å²) in [5, 5.41) is 0. The van der Waals surface area contributed by atoms with E-state index in [4.69, 9.17) is 0 Å². The summed E-state index contributed by atoms with van der Waals surface area (Å²) in [5.41, 5.74) is 1.32. The van der Waals surface area contributed by atoms with Gasteiger partial charge in [0, 0.05) is 0 Å². The number of hydrogen-bond donors (Lipinski definition) is 0. The molecule has 0 bridgehead atoms. The number of thioether (sulfide) groups is 1. The molecular weight excluding hydrogens is 128 g/mol. The maximum atomic E-state index is 3.85. The monoisotopic (exact) mass is 144 g/mol. The van der Waals surface area contributed by atoms with Crippen molar-refractivity contribution in [2.24, 2.45) is 0 Å². The smallest absolute Gasteiger partial charge is 0.00702 e. The molecule has 0 saturated carbocycles. The van der Waals surface area contributed by atoms with E-state index in [9.17, 15) is 0 Å². The molecule has 0 atom stereocenters. The average Bonchev–Trinajstić information content (AvgIpc) is 1.80. The van der Waals surface area contributed by atoms with Crippen LogP contribution in [0.3, 0.4) is 0 Å².